The number of carbonyl (C=O) groups excluding carboxylic acids is 2. The van der Waals surface area contributed by atoms with Gasteiger partial charge in [0.2, 0.25) is 0 Å². The van der Waals surface area contributed by atoms with Crippen LogP contribution in [0, 0.1) is 6.92 Å². The predicted molar refractivity (Wildman–Crippen MR) is 105 cm³/mol. The number of aryl methyl sites for hydroxylation is 1. The lowest BCUT2D eigenvalue weighted by Crippen LogP contribution is -2.35. The minimum atomic E-state index is -0.510. The van der Waals surface area contributed by atoms with E-state index in [0.717, 1.165) is 5.56 Å². The first-order valence-electron chi connectivity index (χ1n) is 8.93. The topological polar surface area (TPSA) is 46.6 Å². The summed E-state index contributed by atoms with van der Waals surface area (Å²) in [4.78, 5) is 26.9. The lowest BCUT2D eigenvalue weighted by atomic mass is 9.85. The van der Waals surface area contributed by atoms with Crippen molar-refractivity contribution in [3.05, 3.63) is 95.3 Å². The predicted octanol–water partition coefficient (Wildman–Crippen LogP) is 4.24. The number of allylic oxidation sites excluding steroid dienone is 2. The Balaban J connectivity index is 2.01. The summed E-state index contributed by atoms with van der Waals surface area (Å²) >= 11 is 0. The Hall–Kier alpha value is -3.14. The van der Waals surface area contributed by atoms with E-state index in [1.165, 1.54) is 12.7 Å². The van der Waals surface area contributed by atoms with Crippen LogP contribution in [0.4, 0.5) is 0 Å². The lowest BCUT2D eigenvalue weighted by Gasteiger charge is -2.29. The van der Waals surface area contributed by atoms with Crippen molar-refractivity contribution < 1.29 is 14.3 Å². The van der Waals surface area contributed by atoms with Crippen LogP contribution < -0.4 is 0 Å². The highest BCUT2D eigenvalue weighted by Gasteiger charge is 2.28. The van der Waals surface area contributed by atoms with Gasteiger partial charge in [-0.25, -0.2) is 4.79 Å². The summed E-state index contributed by atoms with van der Waals surface area (Å²) in [5, 5.41) is 0. The Bertz CT molecular complexity index is 882. The number of hydrogen-bond donors (Lipinski definition) is 0. The Morgan fingerprint density at radius 1 is 1.04 bits per heavy atom. The molecule has 0 N–H and O–H groups in total. The maximum atomic E-state index is 13.2. The SMILES string of the molecule is COC(=O)C(C)N1C=CC(c2ccc(C)cc2)C(C(=O)c2ccccc2)=C1. The first-order valence-corrected chi connectivity index (χ1v) is 8.93. The third kappa shape index (κ3) is 4.00. The fourth-order valence-electron chi connectivity index (χ4n) is 3.13. The molecule has 1 heterocycles. The first kappa shape index (κ1) is 18.6. The molecule has 27 heavy (non-hydrogen) atoms. The van der Waals surface area contributed by atoms with Crippen LogP contribution in [-0.4, -0.2) is 29.8 Å². The summed E-state index contributed by atoms with van der Waals surface area (Å²) in [6, 6.07) is 16.8. The number of carbonyl (C=O) groups is 2. The normalized spacial score (nSPS) is 17.2. The molecule has 4 nitrogen and oxygen atoms in total. The first-order chi connectivity index (χ1) is 13.0. The van der Waals surface area contributed by atoms with Gasteiger partial charge in [-0.15, -0.1) is 0 Å². The van der Waals surface area contributed by atoms with Crippen LogP contribution in [0.2, 0.25) is 0 Å². The van der Waals surface area contributed by atoms with E-state index in [2.05, 4.69) is 0 Å². The Morgan fingerprint density at radius 2 is 1.70 bits per heavy atom. The Labute approximate surface area is 159 Å². The zero-order valence-corrected chi connectivity index (χ0v) is 15.8. The van der Waals surface area contributed by atoms with Gasteiger partial charge in [-0.3, -0.25) is 4.79 Å². The van der Waals surface area contributed by atoms with E-state index >= 15 is 0 Å². The van der Waals surface area contributed by atoms with Crippen LogP contribution in [0.15, 0.2) is 78.6 Å². The van der Waals surface area contributed by atoms with Gasteiger partial charge in [-0.1, -0.05) is 66.2 Å². The van der Waals surface area contributed by atoms with Gasteiger partial charge in [-0.05, 0) is 19.4 Å². The number of ketones is 1. The largest absolute Gasteiger partial charge is 0.467 e. The molecule has 1 aliphatic heterocycles. The zero-order valence-electron chi connectivity index (χ0n) is 15.8. The average Bonchev–Trinajstić information content (AvgIpc) is 2.73. The van der Waals surface area contributed by atoms with Crippen molar-refractivity contribution in [1.82, 2.24) is 4.90 Å². The van der Waals surface area contributed by atoms with Gasteiger partial charge in [0, 0.05) is 29.5 Å². The van der Waals surface area contributed by atoms with Gasteiger partial charge in [0.1, 0.15) is 6.04 Å². The monoisotopic (exact) mass is 361 g/mol. The zero-order chi connectivity index (χ0) is 19.4. The molecule has 1 aliphatic rings. The number of rotatable bonds is 5. The third-order valence-electron chi connectivity index (χ3n) is 4.80. The van der Waals surface area contributed by atoms with Crippen LogP contribution >= 0.6 is 0 Å². The second-order valence-corrected chi connectivity index (χ2v) is 6.66. The highest BCUT2D eigenvalue weighted by atomic mass is 16.5. The minimum absolute atomic E-state index is 0.0485. The van der Waals surface area contributed by atoms with Gasteiger partial charge >= 0.3 is 5.97 Å². The highest BCUT2D eigenvalue weighted by molar-refractivity contribution is 6.10. The standard InChI is InChI=1S/C23H23NO3/c1-16-9-11-18(12-10-16)20-13-14-24(17(2)23(26)27-3)15-21(20)22(25)19-7-5-4-6-8-19/h4-15,17,20H,1-3H3. The molecule has 0 bridgehead atoms. The smallest absolute Gasteiger partial charge is 0.328 e. The van der Waals surface area contributed by atoms with E-state index < -0.39 is 6.04 Å². The molecule has 4 heteroatoms. The number of hydrogen-bond acceptors (Lipinski definition) is 4. The maximum absolute atomic E-state index is 13.2. The molecule has 2 atom stereocenters. The quantitative estimate of drug-likeness (QED) is 0.590. The molecule has 0 saturated heterocycles. The molecular formula is C23H23NO3. The Kier molecular flexibility index (Phi) is 5.55. The second kappa shape index (κ2) is 8.04. The molecular weight excluding hydrogens is 338 g/mol. The van der Waals surface area contributed by atoms with E-state index in [-0.39, 0.29) is 17.7 Å². The van der Waals surface area contributed by atoms with Crippen molar-refractivity contribution >= 4 is 11.8 Å². The number of esters is 1. The molecule has 0 fully saturated rings. The van der Waals surface area contributed by atoms with Gasteiger partial charge in [0.25, 0.3) is 0 Å². The number of nitrogens with zero attached hydrogens (tertiary/aromatic N) is 1. The van der Waals surface area contributed by atoms with Gasteiger partial charge in [0.05, 0.1) is 7.11 Å². The van der Waals surface area contributed by atoms with Crippen molar-refractivity contribution in [3.63, 3.8) is 0 Å². The van der Waals surface area contributed by atoms with Gasteiger partial charge in [-0.2, -0.15) is 0 Å². The summed E-state index contributed by atoms with van der Waals surface area (Å²) in [6.07, 6.45) is 5.57. The van der Waals surface area contributed by atoms with Crippen LogP contribution in [-0.2, 0) is 9.53 Å². The summed E-state index contributed by atoms with van der Waals surface area (Å²) in [5.74, 6) is -0.566. The molecule has 0 spiro atoms. The summed E-state index contributed by atoms with van der Waals surface area (Å²) in [7, 11) is 1.36. The minimum Gasteiger partial charge on any atom is -0.467 e. The van der Waals surface area contributed by atoms with Crippen molar-refractivity contribution in [2.75, 3.05) is 7.11 Å². The molecule has 2 aromatic rings. The molecule has 0 aromatic heterocycles. The van der Waals surface area contributed by atoms with Gasteiger partial charge < -0.3 is 9.64 Å². The molecule has 0 saturated carbocycles. The van der Waals surface area contributed by atoms with Crippen molar-refractivity contribution in [2.24, 2.45) is 0 Å². The van der Waals surface area contributed by atoms with Gasteiger partial charge in [0.15, 0.2) is 5.78 Å². The summed E-state index contributed by atoms with van der Waals surface area (Å²) in [5.41, 5.74) is 3.46. The van der Waals surface area contributed by atoms with E-state index in [1.807, 2.05) is 73.8 Å². The molecule has 138 valence electrons. The number of benzene rings is 2. The van der Waals surface area contributed by atoms with Crippen molar-refractivity contribution in [3.8, 4) is 0 Å². The molecule has 2 unspecified atom stereocenters. The van der Waals surface area contributed by atoms with Crippen LogP contribution in [0.25, 0.3) is 0 Å². The van der Waals surface area contributed by atoms with Crippen LogP contribution in [0.1, 0.15) is 34.3 Å². The highest BCUT2D eigenvalue weighted by Crippen LogP contribution is 2.33. The van der Waals surface area contributed by atoms with E-state index in [0.29, 0.717) is 11.1 Å². The maximum Gasteiger partial charge on any atom is 0.328 e. The molecule has 0 amide bonds. The molecule has 0 aliphatic carbocycles. The number of ether oxygens (including phenoxy) is 1. The van der Waals surface area contributed by atoms with Crippen LogP contribution in [0.5, 0.6) is 0 Å². The fraction of sp³-hybridized carbons (Fsp3) is 0.217. The summed E-state index contributed by atoms with van der Waals surface area (Å²) in [6.45, 7) is 3.79. The van der Waals surface area contributed by atoms with Crippen molar-refractivity contribution in [2.45, 2.75) is 25.8 Å². The van der Waals surface area contributed by atoms with E-state index in [9.17, 15) is 9.59 Å². The lowest BCUT2D eigenvalue weighted by molar-refractivity contribution is -0.144. The summed E-state index contributed by atoms with van der Waals surface area (Å²) < 4.78 is 4.84. The van der Waals surface area contributed by atoms with E-state index in [4.69, 9.17) is 4.74 Å². The number of Topliss-reactive ketones (excluding diaryl/α,β-unsaturated/α-hetero) is 1. The molecule has 2 aromatic carbocycles. The fourth-order valence-corrected chi connectivity index (χ4v) is 3.13. The Morgan fingerprint density at radius 3 is 2.33 bits per heavy atom. The third-order valence-corrected chi connectivity index (χ3v) is 4.80. The van der Waals surface area contributed by atoms with Crippen molar-refractivity contribution in [1.29, 1.82) is 0 Å². The molecule has 0 radical (unpaired) electrons. The number of methoxy groups -OCH3 is 1. The molecule has 3 rings (SSSR count). The average molecular weight is 361 g/mol. The van der Waals surface area contributed by atoms with Crippen LogP contribution in [0.3, 0.4) is 0 Å². The van der Waals surface area contributed by atoms with E-state index in [1.54, 1.807) is 18.0 Å². The second-order valence-electron chi connectivity index (χ2n) is 6.66.